The average Bonchev–Trinajstić information content (AvgIpc) is 3.49. The fourth-order valence-corrected chi connectivity index (χ4v) is 5.65. The summed E-state index contributed by atoms with van der Waals surface area (Å²) in [6.07, 6.45) is 3.01. The van der Waals surface area contributed by atoms with E-state index in [4.69, 9.17) is 0 Å². The summed E-state index contributed by atoms with van der Waals surface area (Å²) in [5.74, 6) is -0.464. The van der Waals surface area contributed by atoms with Gasteiger partial charge in [0.15, 0.2) is 0 Å². The lowest BCUT2D eigenvalue weighted by atomic mass is 9.82. The summed E-state index contributed by atoms with van der Waals surface area (Å²) in [5, 5.41) is 6.05. The SMILES string of the molecule is CCCC(C)(C)C(=O)N[C@H](C(=O)N1CCC[C@H]1C(=O)NCc1ccc(-c2scnc2C)cc1)C(C)(C)C. The highest BCUT2D eigenvalue weighted by Gasteiger charge is 2.43. The van der Waals surface area contributed by atoms with Crippen molar-refractivity contribution in [3.8, 4) is 10.4 Å². The number of nitrogens with zero attached hydrogens (tertiary/aromatic N) is 2. The Morgan fingerprint density at radius 1 is 1.14 bits per heavy atom. The first-order chi connectivity index (χ1) is 17.3. The van der Waals surface area contributed by atoms with Crippen molar-refractivity contribution in [3.05, 3.63) is 41.0 Å². The largest absolute Gasteiger partial charge is 0.350 e. The van der Waals surface area contributed by atoms with Crippen LogP contribution in [-0.4, -0.2) is 46.2 Å². The summed E-state index contributed by atoms with van der Waals surface area (Å²) in [5.41, 5.74) is 3.91. The minimum absolute atomic E-state index is 0.125. The molecular formula is C29H42N4O3S. The highest BCUT2D eigenvalue weighted by atomic mass is 32.1. The van der Waals surface area contributed by atoms with E-state index < -0.39 is 22.9 Å². The number of rotatable bonds is 9. The Balaban J connectivity index is 1.66. The number of carbonyl (C=O) groups is 3. The molecule has 2 N–H and O–H groups in total. The van der Waals surface area contributed by atoms with Crippen molar-refractivity contribution in [1.82, 2.24) is 20.5 Å². The van der Waals surface area contributed by atoms with Gasteiger partial charge in [-0.05, 0) is 42.7 Å². The second-order valence-corrected chi connectivity index (χ2v) is 12.6. The van der Waals surface area contributed by atoms with Crippen LogP contribution in [0.5, 0.6) is 0 Å². The molecule has 0 spiro atoms. The van der Waals surface area contributed by atoms with E-state index >= 15 is 0 Å². The average molecular weight is 527 g/mol. The van der Waals surface area contributed by atoms with Crippen LogP contribution in [-0.2, 0) is 20.9 Å². The Morgan fingerprint density at radius 2 is 1.81 bits per heavy atom. The molecule has 3 amide bonds. The monoisotopic (exact) mass is 526 g/mol. The molecule has 1 aliphatic heterocycles. The standard InChI is InChI=1S/C29H42N4O3S/c1-8-15-29(6,7)27(36)32-24(28(3,4)5)26(35)33-16-9-10-22(33)25(34)30-17-20-11-13-21(14-12-20)23-19(2)31-18-37-23/h11-14,18,22,24H,8-10,15-17H2,1-7H3,(H,30,34)(H,32,36)/t22-,24+/m0/s1. The highest BCUT2D eigenvalue weighted by Crippen LogP contribution is 2.29. The van der Waals surface area contributed by atoms with Crippen molar-refractivity contribution in [3.63, 3.8) is 0 Å². The van der Waals surface area contributed by atoms with Crippen LogP contribution in [0, 0.1) is 17.8 Å². The first-order valence-electron chi connectivity index (χ1n) is 13.2. The number of nitrogens with one attached hydrogen (secondary N) is 2. The molecule has 1 aliphatic rings. The molecular weight excluding hydrogens is 484 g/mol. The van der Waals surface area contributed by atoms with Crippen LogP contribution >= 0.6 is 11.3 Å². The van der Waals surface area contributed by atoms with Gasteiger partial charge >= 0.3 is 0 Å². The number of carbonyl (C=O) groups excluding carboxylic acids is 3. The van der Waals surface area contributed by atoms with Crippen molar-refractivity contribution in [2.75, 3.05) is 6.54 Å². The van der Waals surface area contributed by atoms with Gasteiger partial charge in [0.2, 0.25) is 17.7 Å². The van der Waals surface area contributed by atoms with Gasteiger partial charge in [0, 0.05) is 18.5 Å². The van der Waals surface area contributed by atoms with Crippen LogP contribution in [0.15, 0.2) is 29.8 Å². The van der Waals surface area contributed by atoms with E-state index in [0.29, 0.717) is 19.5 Å². The number of benzene rings is 1. The van der Waals surface area contributed by atoms with Gasteiger partial charge in [-0.25, -0.2) is 4.98 Å². The van der Waals surface area contributed by atoms with Gasteiger partial charge in [-0.3, -0.25) is 14.4 Å². The highest BCUT2D eigenvalue weighted by molar-refractivity contribution is 7.13. The number of likely N-dealkylation sites (tertiary alicyclic amines) is 1. The van der Waals surface area contributed by atoms with E-state index in [0.717, 1.165) is 41.0 Å². The molecule has 37 heavy (non-hydrogen) atoms. The molecule has 1 saturated heterocycles. The molecule has 0 saturated carbocycles. The lowest BCUT2D eigenvalue weighted by Gasteiger charge is -2.37. The summed E-state index contributed by atoms with van der Waals surface area (Å²) in [4.78, 5) is 47.1. The molecule has 202 valence electrons. The molecule has 0 bridgehead atoms. The van der Waals surface area contributed by atoms with Gasteiger partial charge in [0.05, 0.1) is 16.1 Å². The minimum Gasteiger partial charge on any atom is -0.350 e. The van der Waals surface area contributed by atoms with E-state index in [1.807, 2.05) is 78.2 Å². The molecule has 2 atom stereocenters. The molecule has 0 aliphatic carbocycles. The van der Waals surface area contributed by atoms with Gasteiger partial charge < -0.3 is 15.5 Å². The molecule has 2 heterocycles. The zero-order valence-corrected chi connectivity index (χ0v) is 24.1. The van der Waals surface area contributed by atoms with E-state index in [1.54, 1.807) is 16.2 Å². The molecule has 7 nitrogen and oxygen atoms in total. The fraction of sp³-hybridized carbons (Fsp3) is 0.586. The number of aryl methyl sites for hydroxylation is 1. The summed E-state index contributed by atoms with van der Waals surface area (Å²) >= 11 is 1.61. The summed E-state index contributed by atoms with van der Waals surface area (Å²) in [6, 6.07) is 6.88. The van der Waals surface area contributed by atoms with Crippen molar-refractivity contribution in [2.24, 2.45) is 10.8 Å². The molecule has 3 rings (SSSR count). The fourth-order valence-electron chi connectivity index (χ4n) is 4.84. The predicted octanol–water partition coefficient (Wildman–Crippen LogP) is 5.08. The third-order valence-corrected chi connectivity index (χ3v) is 8.12. The van der Waals surface area contributed by atoms with E-state index in [1.165, 1.54) is 0 Å². The molecule has 2 aromatic rings. The Bertz CT molecular complexity index is 1100. The van der Waals surface area contributed by atoms with Crippen LogP contribution in [0.1, 0.15) is 78.5 Å². The van der Waals surface area contributed by atoms with Crippen molar-refractivity contribution in [2.45, 2.75) is 92.8 Å². The second kappa shape index (κ2) is 11.8. The Hall–Kier alpha value is -2.74. The quantitative estimate of drug-likeness (QED) is 0.477. The maximum atomic E-state index is 13.7. The van der Waals surface area contributed by atoms with Crippen molar-refractivity contribution in [1.29, 1.82) is 0 Å². The third kappa shape index (κ3) is 6.98. The molecule has 0 radical (unpaired) electrons. The van der Waals surface area contributed by atoms with Gasteiger partial charge in [0.25, 0.3) is 0 Å². The molecule has 1 aromatic carbocycles. The number of aromatic nitrogens is 1. The number of thiazole rings is 1. The third-order valence-electron chi connectivity index (χ3n) is 7.15. The first-order valence-corrected chi connectivity index (χ1v) is 14.1. The normalized spacial score (nSPS) is 16.9. The van der Waals surface area contributed by atoms with Gasteiger partial charge in [-0.1, -0.05) is 72.2 Å². The van der Waals surface area contributed by atoms with Crippen molar-refractivity contribution < 1.29 is 14.4 Å². The minimum atomic E-state index is -0.702. The lowest BCUT2D eigenvalue weighted by Crippen LogP contribution is -2.59. The first kappa shape index (κ1) is 28.8. The van der Waals surface area contributed by atoms with Crippen LogP contribution in [0.25, 0.3) is 10.4 Å². The molecule has 0 unspecified atom stereocenters. The topological polar surface area (TPSA) is 91.4 Å². The summed E-state index contributed by atoms with van der Waals surface area (Å²) < 4.78 is 0. The Kier molecular flexibility index (Phi) is 9.16. The second-order valence-electron chi connectivity index (χ2n) is 11.8. The predicted molar refractivity (Wildman–Crippen MR) is 149 cm³/mol. The maximum Gasteiger partial charge on any atom is 0.246 e. The molecule has 8 heteroatoms. The van der Waals surface area contributed by atoms with Gasteiger partial charge in [-0.15, -0.1) is 11.3 Å². The lowest BCUT2D eigenvalue weighted by molar-refractivity contribution is -0.145. The Labute approximate surface area is 225 Å². The van der Waals surface area contributed by atoms with Gasteiger partial charge in [-0.2, -0.15) is 0 Å². The number of hydrogen-bond acceptors (Lipinski definition) is 5. The van der Waals surface area contributed by atoms with Crippen LogP contribution in [0.4, 0.5) is 0 Å². The smallest absolute Gasteiger partial charge is 0.246 e. The Morgan fingerprint density at radius 3 is 2.38 bits per heavy atom. The van der Waals surface area contributed by atoms with Crippen molar-refractivity contribution >= 4 is 29.1 Å². The zero-order chi connectivity index (χ0) is 27.4. The van der Waals surface area contributed by atoms with E-state index in [9.17, 15) is 14.4 Å². The number of amides is 3. The number of hydrogen-bond donors (Lipinski definition) is 2. The molecule has 1 fully saturated rings. The van der Waals surface area contributed by atoms with Crippen LogP contribution in [0.3, 0.4) is 0 Å². The van der Waals surface area contributed by atoms with Crippen LogP contribution < -0.4 is 10.6 Å². The van der Waals surface area contributed by atoms with Crippen LogP contribution in [0.2, 0.25) is 0 Å². The zero-order valence-electron chi connectivity index (χ0n) is 23.3. The van der Waals surface area contributed by atoms with E-state index in [-0.39, 0.29) is 17.7 Å². The van der Waals surface area contributed by atoms with E-state index in [2.05, 4.69) is 15.6 Å². The maximum absolute atomic E-state index is 13.7. The molecule has 1 aromatic heterocycles. The summed E-state index contributed by atoms with van der Waals surface area (Å²) in [7, 11) is 0. The van der Waals surface area contributed by atoms with Gasteiger partial charge in [0.1, 0.15) is 12.1 Å². The summed E-state index contributed by atoms with van der Waals surface area (Å²) in [6.45, 7) is 14.6.